The van der Waals surface area contributed by atoms with Crippen LogP contribution in [0.4, 0.5) is 0 Å². The first-order valence-electron chi connectivity index (χ1n) is 5.33. The van der Waals surface area contributed by atoms with E-state index in [2.05, 4.69) is 36.0 Å². The molecule has 0 saturated carbocycles. The highest BCUT2D eigenvalue weighted by atomic mass is 16.5. The maximum absolute atomic E-state index is 10.7. The Balaban J connectivity index is 3.44. The number of ether oxygens (including phenoxy) is 1. The van der Waals surface area contributed by atoms with Crippen LogP contribution in [0.25, 0.3) is 0 Å². The second-order valence-corrected chi connectivity index (χ2v) is 3.07. The average Bonchev–Trinajstić information content (AvgIpc) is 2.26. The van der Waals surface area contributed by atoms with Crippen molar-refractivity contribution in [3.05, 3.63) is 36.5 Å². The van der Waals surface area contributed by atoms with Crippen LogP contribution in [-0.2, 0) is 9.53 Å². The number of allylic oxidation sites excluding steroid dienone is 5. The van der Waals surface area contributed by atoms with Crippen molar-refractivity contribution in [3.63, 3.8) is 0 Å². The summed E-state index contributed by atoms with van der Waals surface area (Å²) in [6.07, 6.45) is 15.6. The van der Waals surface area contributed by atoms with Crippen molar-refractivity contribution < 1.29 is 9.53 Å². The zero-order chi connectivity index (χ0) is 11.4. The molecule has 0 amide bonds. The summed E-state index contributed by atoms with van der Waals surface area (Å²) in [5.41, 5.74) is 0. The minimum absolute atomic E-state index is 0.193. The second kappa shape index (κ2) is 10.8. The smallest absolute Gasteiger partial charge is 0.309 e. The average molecular weight is 208 g/mol. The molecule has 15 heavy (non-hydrogen) atoms. The van der Waals surface area contributed by atoms with Crippen molar-refractivity contribution in [1.29, 1.82) is 0 Å². The first-order chi connectivity index (χ1) is 7.31. The van der Waals surface area contributed by atoms with E-state index in [0.29, 0.717) is 6.42 Å². The summed E-state index contributed by atoms with van der Waals surface area (Å²) in [7, 11) is 1.40. The molecule has 0 bridgehead atoms. The Bertz CT molecular complexity index is 237. The van der Waals surface area contributed by atoms with Gasteiger partial charge >= 0.3 is 5.97 Å². The van der Waals surface area contributed by atoms with Gasteiger partial charge in [-0.25, -0.2) is 0 Å². The lowest BCUT2D eigenvalue weighted by Gasteiger charge is -1.90. The lowest BCUT2D eigenvalue weighted by atomic mass is 10.2. The molecular formula is C13H20O2. The van der Waals surface area contributed by atoms with Crippen molar-refractivity contribution in [3.8, 4) is 0 Å². The Hall–Kier alpha value is -1.31. The van der Waals surface area contributed by atoms with Gasteiger partial charge in [0.25, 0.3) is 0 Å². The summed E-state index contributed by atoms with van der Waals surface area (Å²) in [5.74, 6) is -0.193. The zero-order valence-electron chi connectivity index (χ0n) is 9.61. The molecule has 0 heterocycles. The molecule has 0 aromatic rings. The molecule has 0 saturated heterocycles. The van der Waals surface area contributed by atoms with Gasteiger partial charge in [-0.3, -0.25) is 4.79 Å². The third-order valence-corrected chi connectivity index (χ3v) is 1.79. The molecule has 0 fully saturated rings. The van der Waals surface area contributed by atoms with E-state index in [1.54, 1.807) is 0 Å². The standard InChI is InChI=1S/C13H20O2/c1-3-4-5-6-7-8-9-10-11-12-13(14)15-2/h4-5,7-8,10-11H,3,6,9,12H2,1-2H3/b5-4-,8-7-,11-10-. The fraction of sp³-hybridized carbons (Fsp3) is 0.462. The monoisotopic (exact) mass is 208 g/mol. The predicted molar refractivity (Wildman–Crippen MR) is 63.6 cm³/mol. The summed E-state index contributed by atoms with van der Waals surface area (Å²) in [6.45, 7) is 2.12. The van der Waals surface area contributed by atoms with Gasteiger partial charge in [-0.15, -0.1) is 0 Å². The van der Waals surface area contributed by atoms with Crippen LogP contribution in [0.1, 0.15) is 32.6 Å². The molecule has 2 nitrogen and oxygen atoms in total. The summed E-state index contributed by atoms with van der Waals surface area (Å²) >= 11 is 0. The van der Waals surface area contributed by atoms with E-state index in [0.717, 1.165) is 19.3 Å². The van der Waals surface area contributed by atoms with Gasteiger partial charge in [0.05, 0.1) is 13.5 Å². The minimum Gasteiger partial charge on any atom is -0.469 e. The molecule has 0 aromatic heterocycles. The number of hydrogen-bond donors (Lipinski definition) is 0. The highest BCUT2D eigenvalue weighted by molar-refractivity contribution is 5.70. The van der Waals surface area contributed by atoms with Crippen LogP contribution in [0.15, 0.2) is 36.5 Å². The van der Waals surface area contributed by atoms with Crippen molar-refractivity contribution in [2.45, 2.75) is 32.6 Å². The fourth-order valence-corrected chi connectivity index (χ4v) is 0.972. The number of esters is 1. The first-order valence-corrected chi connectivity index (χ1v) is 5.33. The highest BCUT2D eigenvalue weighted by Crippen LogP contribution is 1.94. The van der Waals surface area contributed by atoms with Crippen LogP contribution in [0, 0.1) is 0 Å². The van der Waals surface area contributed by atoms with Crippen molar-refractivity contribution in [2.75, 3.05) is 7.11 Å². The van der Waals surface area contributed by atoms with Gasteiger partial charge in [-0.05, 0) is 19.3 Å². The van der Waals surface area contributed by atoms with Crippen LogP contribution in [0.2, 0.25) is 0 Å². The summed E-state index contributed by atoms with van der Waals surface area (Å²) in [4.78, 5) is 10.7. The van der Waals surface area contributed by atoms with Gasteiger partial charge in [0.2, 0.25) is 0 Å². The van der Waals surface area contributed by atoms with Crippen LogP contribution >= 0.6 is 0 Å². The van der Waals surface area contributed by atoms with E-state index in [1.807, 2.05) is 12.2 Å². The van der Waals surface area contributed by atoms with E-state index >= 15 is 0 Å². The Kier molecular flexibility index (Phi) is 9.83. The molecule has 0 aliphatic heterocycles. The molecule has 2 heteroatoms. The predicted octanol–water partition coefficient (Wildman–Crippen LogP) is 3.41. The highest BCUT2D eigenvalue weighted by Gasteiger charge is 1.91. The van der Waals surface area contributed by atoms with Crippen molar-refractivity contribution in [1.82, 2.24) is 0 Å². The fourth-order valence-electron chi connectivity index (χ4n) is 0.972. The quantitative estimate of drug-likeness (QED) is 0.473. The van der Waals surface area contributed by atoms with E-state index in [4.69, 9.17) is 0 Å². The Morgan fingerprint density at radius 1 is 1.00 bits per heavy atom. The number of hydrogen-bond acceptors (Lipinski definition) is 2. The zero-order valence-corrected chi connectivity index (χ0v) is 9.61. The third kappa shape index (κ3) is 10.6. The number of methoxy groups -OCH3 is 1. The van der Waals surface area contributed by atoms with Crippen LogP contribution in [0.3, 0.4) is 0 Å². The lowest BCUT2D eigenvalue weighted by Crippen LogP contribution is -1.96. The van der Waals surface area contributed by atoms with Gasteiger partial charge in [-0.2, -0.15) is 0 Å². The number of rotatable bonds is 7. The molecule has 0 rings (SSSR count). The Labute approximate surface area is 92.3 Å². The molecule has 84 valence electrons. The van der Waals surface area contributed by atoms with Gasteiger partial charge in [-0.1, -0.05) is 43.4 Å². The second-order valence-electron chi connectivity index (χ2n) is 3.07. The first kappa shape index (κ1) is 13.7. The molecule has 0 aromatic carbocycles. The SMILES string of the molecule is CC/C=C\C/C=C\C/C=C\CC(=O)OC. The third-order valence-electron chi connectivity index (χ3n) is 1.79. The van der Waals surface area contributed by atoms with Crippen molar-refractivity contribution in [2.24, 2.45) is 0 Å². The molecule has 0 unspecified atom stereocenters. The van der Waals surface area contributed by atoms with Crippen LogP contribution in [-0.4, -0.2) is 13.1 Å². The van der Waals surface area contributed by atoms with Gasteiger partial charge in [0.1, 0.15) is 0 Å². The van der Waals surface area contributed by atoms with Crippen LogP contribution in [0.5, 0.6) is 0 Å². The lowest BCUT2D eigenvalue weighted by molar-refractivity contribution is -0.139. The molecular weight excluding hydrogens is 188 g/mol. The maximum atomic E-state index is 10.7. The summed E-state index contributed by atoms with van der Waals surface area (Å²) < 4.78 is 4.50. The Morgan fingerprint density at radius 3 is 2.07 bits per heavy atom. The largest absolute Gasteiger partial charge is 0.469 e. The Morgan fingerprint density at radius 2 is 1.53 bits per heavy atom. The molecule has 0 spiro atoms. The van der Waals surface area contributed by atoms with Crippen molar-refractivity contribution >= 4 is 5.97 Å². The van der Waals surface area contributed by atoms with E-state index in [-0.39, 0.29) is 5.97 Å². The maximum Gasteiger partial charge on any atom is 0.309 e. The summed E-state index contributed by atoms with van der Waals surface area (Å²) in [5, 5.41) is 0. The van der Waals surface area contributed by atoms with Gasteiger partial charge in [0, 0.05) is 0 Å². The number of carbonyl (C=O) groups excluding carboxylic acids is 1. The van der Waals surface area contributed by atoms with E-state index in [9.17, 15) is 4.79 Å². The van der Waals surface area contributed by atoms with Gasteiger partial charge in [0.15, 0.2) is 0 Å². The minimum atomic E-state index is -0.193. The molecule has 0 aliphatic carbocycles. The topological polar surface area (TPSA) is 26.3 Å². The van der Waals surface area contributed by atoms with Gasteiger partial charge < -0.3 is 4.74 Å². The van der Waals surface area contributed by atoms with E-state index in [1.165, 1.54) is 7.11 Å². The normalized spacial score (nSPS) is 11.9. The number of carbonyl (C=O) groups is 1. The molecule has 0 N–H and O–H groups in total. The molecule has 0 aliphatic rings. The molecule has 0 radical (unpaired) electrons. The van der Waals surface area contributed by atoms with Crippen LogP contribution < -0.4 is 0 Å². The van der Waals surface area contributed by atoms with E-state index < -0.39 is 0 Å². The molecule has 0 atom stereocenters. The summed E-state index contributed by atoms with van der Waals surface area (Å²) in [6, 6.07) is 0.